The van der Waals surface area contributed by atoms with Crippen LogP contribution in [0.5, 0.6) is 5.75 Å². The molecule has 1 atom stereocenters. The summed E-state index contributed by atoms with van der Waals surface area (Å²) in [4.78, 5) is 24.5. The number of halogens is 4. The molecule has 162 valence electrons. The van der Waals surface area contributed by atoms with Gasteiger partial charge >= 0.3 is 0 Å². The third kappa shape index (κ3) is 5.78. The zero-order chi connectivity index (χ0) is 22.7. The van der Waals surface area contributed by atoms with Crippen LogP contribution in [0.15, 0.2) is 41.5 Å². The Bertz CT molecular complexity index is 1230. The standard InChI is InChI=1S/C19H14Cl4N4O3S/c1-9(28)18-26-27(15-5-3-11(20)7-13(15)22)19(31-18)25-24-17(29)10(2)30-16-6-4-12(21)8-14(16)23/h3-8,10H,1-2H3,(H,24,29). The highest BCUT2D eigenvalue weighted by atomic mass is 35.5. The first kappa shape index (κ1) is 23.6. The first-order chi connectivity index (χ1) is 14.7. The molecule has 1 heterocycles. The number of carbonyl (C=O) groups is 2. The minimum Gasteiger partial charge on any atom is -0.479 e. The number of hydrogen-bond acceptors (Lipinski definition) is 6. The van der Waals surface area contributed by atoms with E-state index in [1.165, 1.54) is 30.7 Å². The Morgan fingerprint density at radius 2 is 1.74 bits per heavy atom. The van der Waals surface area contributed by atoms with Gasteiger partial charge in [-0.3, -0.25) is 9.59 Å². The second kappa shape index (κ2) is 10.0. The summed E-state index contributed by atoms with van der Waals surface area (Å²) >= 11 is 25.1. The van der Waals surface area contributed by atoms with Gasteiger partial charge in [0.2, 0.25) is 4.80 Å². The lowest BCUT2D eigenvalue weighted by Crippen LogP contribution is -2.35. The molecule has 31 heavy (non-hydrogen) atoms. The molecule has 0 aliphatic heterocycles. The van der Waals surface area contributed by atoms with Crippen molar-refractivity contribution >= 4 is 69.4 Å². The van der Waals surface area contributed by atoms with E-state index in [1.54, 1.807) is 24.3 Å². The third-order valence-electron chi connectivity index (χ3n) is 3.83. The fourth-order valence-electron chi connectivity index (χ4n) is 2.31. The number of amides is 1. The highest BCUT2D eigenvalue weighted by Crippen LogP contribution is 2.28. The van der Waals surface area contributed by atoms with Gasteiger partial charge in [0.25, 0.3) is 5.91 Å². The Morgan fingerprint density at radius 1 is 1.10 bits per heavy atom. The maximum Gasteiger partial charge on any atom is 0.280 e. The van der Waals surface area contributed by atoms with Crippen LogP contribution >= 0.6 is 57.7 Å². The van der Waals surface area contributed by atoms with Crippen molar-refractivity contribution in [1.82, 2.24) is 15.2 Å². The minimum absolute atomic E-state index is 0.191. The van der Waals surface area contributed by atoms with Gasteiger partial charge in [-0.15, -0.1) is 5.10 Å². The van der Waals surface area contributed by atoms with E-state index in [2.05, 4.69) is 15.6 Å². The van der Waals surface area contributed by atoms with E-state index in [-0.39, 0.29) is 20.6 Å². The molecule has 3 aromatic rings. The van der Waals surface area contributed by atoms with Gasteiger partial charge < -0.3 is 4.74 Å². The number of ketones is 1. The lowest BCUT2D eigenvalue weighted by molar-refractivity contribution is -0.127. The van der Waals surface area contributed by atoms with Gasteiger partial charge in [-0.05, 0) is 43.3 Å². The number of carbonyl (C=O) groups excluding carboxylic acids is 2. The molecule has 3 rings (SSSR count). The molecule has 0 bridgehead atoms. The monoisotopic (exact) mass is 518 g/mol. The van der Waals surface area contributed by atoms with E-state index >= 15 is 0 Å². The molecular formula is C19H14Cl4N4O3S. The Hall–Kier alpha value is -2.10. The Kier molecular flexibility index (Phi) is 7.61. The Morgan fingerprint density at radius 3 is 2.35 bits per heavy atom. The average molecular weight is 520 g/mol. The number of nitrogens with zero attached hydrogens (tertiary/aromatic N) is 3. The van der Waals surface area contributed by atoms with Crippen molar-refractivity contribution in [1.29, 1.82) is 0 Å². The zero-order valence-corrected chi connectivity index (χ0v) is 19.9. The normalized spacial score (nSPS) is 12.5. The van der Waals surface area contributed by atoms with E-state index < -0.39 is 12.0 Å². The molecule has 1 N–H and O–H groups in total. The van der Waals surface area contributed by atoms with E-state index in [1.807, 2.05) is 0 Å². The molecule has 0 saturated heterocycles. The number of nitrogens with one attached hydrogen (secondary N) is 1. The van der Waals surface area contributed by atoms with Crippen molar-refractivity contribution < 1.29 is 14.3 Å². The molecule has 2 aromatic carbocycles. The van der Waals surface area contributed by atoms with Crippen LogP contribution < -0.4 is 15.0 Å². The van der Waals surface area contributed by atoms with Crippen molar-refractivity contribution in [2.24, 2.45) is 5.10 Å². The van der Waals surface area contributed by atoms with Crippen molar-refractivity contribution in [3.63, 3.8) is 0 Å². The fraction of sp³-hybridized carbons (Fsp3) is 0.158. The van der Waals surface area contributed by atoms with Gasteiger partial charge in [-0.2, -0.15) is 5.10 Å². The predicted octanol–water partition coefficient (Wildman–Crippen LogP) is 5.15. The van der Waals surface area contributed by atoms with Crippen LogP contribution in [0.2, 0.25) is 20.1 Å². The number of ether oxygens (including phenoxy) is 1. The summed E-state index contributed by atoms with van der Waals surface area (Å²) in [5, 5.41) is 9.97. The molecule has 1 aromatic heterocycles. The van der Waals surface area contributed by atoms with Crippen LogP contribution in [0.3, 0.4) is 0 Å². The number of rotatable bonds is 6. The predicted molar refractivity (Wildman–Crippen MR) is 122 cm³/mol. The highest BCUT2D eigenvalue weighted by molar-refractivity contribution is 7.11. The quantitative estimate of drug-likeness (QED) is 0.360. The van der Waals surface area contributed by atoms with Crippen LogP contribution in [0.25, 0.3) is 5.69 Å². The van der Waals surface area contributed by atoms with Crippen molar-refractivity contribution in [3.05, 3.63) is 66.3 Å². The summed E-state index contributed by atoms with van der Waals surface area (Å²) < 4.78 is 6.92. The van der Waals surface area contributed by atoms with Gasteiger partial charge in [-0.25, -0.2) is 10.1 Å². The summed E-state index contributed by atoms with van der Waals surface area (Å²) in [5.41, 5.74) is 2.85. The van der Waals surface area contributed by atoms with Gasteiger partial charge in [0, 0.05) is 17.0 Å². The fourth-order valence-corrected chi connectivity index (χ4v) is 4.01. The molecule has 0 radical (unpaired) electrons. The molecule has 12 heteroatoms. The number of hydrogen-bond donors (Lipinski definition) is 1. The van der Waals surface area contributed by atoms with Crippen LogP contribution in [-0.2, 0) is 4.79 Å². The van der Waals surface area contributed by atoms with E-state index in [0.29, 0.717) is 26.5 Å². The molecule has 1 unspecified atom stereocenters. The molecule has 7 nitrogen and oxygen atoms in total. The molecular weight excluding hydrogens is 506 g/mol. The molecule has 0 fully saturated rings. The minimum atomic E-state index is -0.921. The topological polar surface area (TPSA) is 85.6 Å². The Balaban J connectivity index is 1.87. The summed E-state index contributed by atoms with van der Waals surface area (Å²) in [6.07, 6.45) is -0.921. The number of Topliss-reactive ketones (excluding diaryl/α,β-unsaturated/α-hetero) is 1. The molecule has 0 saturated carbocycles. The largest absolute Gasteiger partial charge is 0.479 e. The summed E-state index contributed by atoms with van der Waals surface area (Å²) in [5.74, 6) is -0.503. The first-order valence-corrected chi connectivity index (χ1v) is 11.0. The summed E-state index contributed by atoms with van der Waals surface area (Å²) in [6, 6.07) is 9.45. The van der Waals surface area contributed by atoms with Gasteiger partial charge in [0.05, 0.1) is 15.7 Å². The molecule has 0 aliphatic carbocycles. The lowest BCUT2D eigenvalue weighted by Gasteiger charge is -2.14. The number of aromatic nitrogens is 2. The average Bonchev–Trinajstić information content (AvgIpc) is 3.12. The van der Waals surface area contributed by atoms with Gasteiger partial charge in [-0.1, -0.05) is 57.7 Å². The first-order valence-electron chi connectivity index (χ1n) is 8.67. The summed E-state index contributed by atoms with van der Waals surface area (Å²) in [7, 11) is 0. The van der Waals surface area contributed by atoms with Gasteiger partial charge in [0.15, 0.2) is 16.9 Å². The van der Waals surface area contributed by atoms with E-state index in [9.17, 15) is 9.59 Å². The van der Waals surface area contributed by atoms with Crippen molar-refractivity contribution in [2.75, 3.05) is 0 Å². The van der Waals surface area contributed by atoms with Crippen LogP contribution in [0.1, 0.15) is 23.6 Å². The van der Waals surface area contributed by atoms with Gasteiger partial charge in [0.1, 0.15) is 5.75 Å². The second-order valence-electron chi connectivity index (χ2n) is 6.18. The maximum absolute atomic E-state index is 12.5. The highest BCUT2D eigenvalue weighted by Gasteiger charge is 2.17. The van der Waals surface area contributed by atoms with Crippen molar-refractivity contribution in [3.8, 4) is 11.4 Å². The van der Waals surface area contributed by atoms with Crippen LogP contribution in [0.4, 0.5) is 0 Å². The smallest absolute Gasteiger partial charge is 0.280 e. The second-order valence-corrected chi connectivity index (χ2v) is 8.82. The maximum atomic E-state index is 12.5. The molecule has 1 amide bonds. The Labute approximate surface area is 201 Å². The van der Waals surface area contributed by atoms with Crippen LogP contribution in [-0.4, -0.2) is 27.6 Å². The zero-order valence-electron chi connectivity index (χ0n) is 16.0. The SMILES string of the molecule is CC(=O)c1nn(-c2ccc(Cl)cc2Cl)c(=NNC(=O)C(C)Oc2ccc(Cl)cc2Cl)s1. The van der Waals surface area contributed by atoms with E-state index in [4.69, 9.17) is 51.1 Å². The molecule has 0 spiro atoms. The van der Waals surface area contributed by atoms with Crippen molar-refractivity contribution in [2.45, 2.75) is 20.0 Å². The number of benzene rings is 2. The summed E-state index contributed by atoms with van der Waals surface area (Å²) in [6.45, 7) is 2.91. The van der Waals surface area contributed by atoms with Crippen LogP contribution in [0, 0.1) is 0 Å². The lowest BCUT2D eigenvalue weighted by atomic mass is 10.3. The van der Waals surface area contributed by atoms with E-state index in [0.717, 1.165) is 11.3 Å². The molecule has 0 aliphatic rings. The third-order valence-corrected chi connectivity index (χ3v) is 5.91.